The van der Waals surface area contributed by atoms with Gasteiger partial charge in [0, 0.05) is 49.5 Å². The van der Waals surface area contributed by atoms with E-state index in [4.69, 9.17) is 0 Å². The van der Waals surface area contributed by atoms with Crippen LogP contribution in [0.25, 0.3) is 33.4 Å². The lowest BCUT2D eigenvalue weighted by Crippen LogP contribution is -2.07. The van der Waals surface area contributed by atoms with E-state index >= 15 is 0 Å². The van der Waals surface area contributed by atoms with Gasteiger partial charge >= 0.3 is 0 Å². The minimum atomic E-state index is 0.965. The van der Waals surface area contributed by atoms with Crippen LogP contribution < -0.4 is 4.90 Å². The molecule has 4 heteroatoms. The largest absolute Gasteiger partial charge is 0.378 e. The van der Waals surface area contributed by atoms with Crippen LogP contribution in [0.1, 0.15) is 0 Å². The summed E-state index contributed by atoms with van der Waals surface area (Å²) in [5.41, 5.74) is 6.68. The van der Waals surface area contributed by atoms with E-state index in [1.54, 1.807) is 0 Å². The Morgan fingerprint density at radius 3 is 2.42 bits per heavy atom. The second-order valence-corrected chi connectivity index (χ2v) is 6.31. The molecule has 0 saturated heterocycles. The van der Waals surface area contributed by atoms with Crippen molar-refractivity contribution in [1.82, 2.24) is 14.8 Å². The topological polar surface area (TPSA) is 36.9 Å². The number of fused-ring (bicyclic) bond motifs is 1. The molecule has 2 heterocycles. The van der Waals surface area contributed by atoms with Crippen LogP contribution in [-0.4, -0.2) is 28.9 Å². The van der Waals surface area contributed by atoms with Crippen molar-refractivity contribution in [1.29, 1.82) is 0 Å². The first kappa shape index (κ1) is 14.6. The quantitative estimate of drug-likeness (QED) is 0.612. The highest BCUT2D eigenvalue weighted by Crippen LogP contribution is 2.27. The number of nitrogens with zero attached hydrogens (tertiary/aromatic N) is 3. The van der Waals surface area contributed by atoms with Crippen molar-refractivity contribution in [3.8, 4) is 22.5 Å². The van der Waals surface area contributed by atoms with E-state index in [1.807, 2.05) is 14.1 Å². The first-order valence-electron chi connectivity index (χ1n) is 8.00. The third-order valence-electron chi connectivity index (χ3n) is 4.45. The van der Waals surface area contributed by atoms with Gasteiger partial charge < -0.3 is 9.47 Å². The van der Waals surface area contributed by atoms with Gasteiger partial charge in [0.05, 0.1) is 11.4 Å². The monoisotopic (exact) mass is 316 g/mol. The molecule has 4 aromatic rings. The molecule has 4 nitrogen and oxygen atoms in total. The molecule has 0 aliphatic rings. The van der Waals surface area contributed by atoms with Crippen molar-refractivity contribution in [2.75, 3.05) is 19.0 Å². The highest BCUT2D eigenvalue weighted by atomic mass is 15.1. The number of aromatic amines is 1. The van der Waals surface area contributed by atoms with Crippen molar-refractivity contribution in [3.05, 3.63) is 60.8 Å². The van der Waals surface area contributed by atoms with Gasteiger partial charge in [-0.05, 0) is 42.0 Å². The van der Waals surface area contributed by atoms with Crippen molar-refractivity contribution in [2.45, 2.75) is 0 Å². The van der Waals surface area contributed by atoms with Crippen molar-refractivity contribution in [2.24, 2.45) is 7.05 Å². The van der Waals surface area contributed by atoms with Crippen LogP contribution in [0.5, 0.6) is 0 Å². The molecule has 0 spiro atoms. The van der Waals surface area contributed by atoms with Crippen LogP contribution in [-0.2, 0) is 7.05 Å². The maximum atomic E-state index is 4.49. The first-order chi connectivity index (χ1) is 11.6. The molecule has 1 N–H and O–H groups in total. The van der Waals surface area contributed by atoms with Gasteiger partial charge in [-0.25, -0.2) is 0 Å². The third kappa shape index (κ3) is 2.46. The fourth-order valence-corrected chi connectivity index (χ4v) is 3.00. The Labute approximate surface area is 141 Å². The highest BCUT2D eigenvalue weighted by molar-refractivity contribution is 5.85. The molecule has 120 valence electrons. The molecule has 0 atom stereocenters. The van der Waals surface area contributed by atoms with E-state index in [9.17, 15) is 0 Å². The van der Waals surface area contributed by atoms with Gasteiger partial charge in [0.2, 0.25) is 0 Å². The molecule has 24 heavy (non-hydrogen) atoms. The van der Waals surface area contributed by atoms with Crippen molar-refractivity contribution < 1.29 is 0 Å². The number of aromatic nitrogens is 3. The number of H-pyrrole nitrogens is 1. The average Bonchev–Trinajstić information content (AvgIpc) is 3.22. The number of nitrogens with one attached hydrogen (secondary N) is 1. The molecule has 2 aromatic carbocycles. The van der Waals surface area contributed by atoms with Crippen LogP contribution in [0, 0.1) is 0 Å². The van der Waals surface area contributed by atoms with E-state index in [0.717, 1.165) is 22.5 Å². The van der Waals surface area contributed by atoms with Crippen LogP contribution in [0.4, 0.5) is 5.69 Å². The maximum absolute atomic E-state index is 4.49. The summed E-state index contributed by atoms with van der Waals surface area (Å²) < 4.78 is 2.13. The summed E-state index contributed by atoms with van der Waals surface area (Å²) in [4.78, 5) is 2.09. The number of aryl methyl sites for hydroxylation is 1. The summed E-state index contributed by atoms with van der Waals surface area (Å²) in [7, 11) is 6.15. The minimum absolute atomic E-state index is 0.965. The van der Waals surface area contributed by atoms with Crippen LogP contribution in [0.2, 0.25) is 0 Å². The lowest BCUT2D eigenvalue weighted by Gasteiger charge is -2.12. The normalized spacial score (nSPS) is 11.1. The Balaban J connectivity index is 1.68. The van der Waals surface area contributed by atoms with Crippen LogP contribution in [0.3, 0.4) is 0 Å². The number of hydrogen-bond acceptors (Lipinski definition) is 2. The zero-order valence-corrected chi connectivity index (χ0v) is 14.1. The van der Waals surface area contributed by atoms with E-state index in [2.05, 4.69) is 87.5 Å². The fourth-order valence-electron chi connectivity index (χ4n) is 3.00. The van der Waals surface area contributed by atoms with Gasteiger partial charge in [0.1, 0.15) is 0 Å². The average molecular weight is 316 g/mol. The zero-order chi connectivity index (χ0) is 16.7. The number of anilines is 1. The SMILES string of the molecule is CN(C)c1ccc(-c2cc(-c3ccc4c(ccn4C)c3)n[nH]2)cc1. The van der Waals surface area contributed by atoms with Gasteiger partial charge in [0.15, 0.2) is 0 Å². The summed E-state index contributed by atoms with van der Waals surface area (Å²) in [6.45, 7) is 0. The van der Waals surface area contributed by atoms with E-state index < -0.39 is 0 Å². The summed E-state index contributed by atoms with van der Waals surface area (Å²) in [5.74, 6) is 0. The molecule has 0 aliphatic heterocycles. The molecule has 0 saturated carbocycles. The second-order valence-electron chi connectivity index (χ2n) is 6.31. The molecule has 0 aliphatic carbocycles. The summed E-state index contributed by atoms with van der Waals surface area (Å²) >= 11 is 0. The molecular weight excluding hydrogens is 296 g/mol. The van der Waals surface area contributed by atoms with Gasteiger partial charge in [-0.1, -0.05) is 18.2 Å². The van der Waals surface area contributed by atoms with Gasteiger partial charge in [-0.3, -0.25) is 5.10 Å². The molecule has 0 unspecified atom stereocenters. The Hall–Kier alpha value is -3.01. The van der Waals surface area contributed by atoms with Crippen LogP contribution >= 0.6 is 0 Å². The molecule has 4 rings (SSSR count). The number of rotatable bonds is 3. The van der Waals surface area contributed by atoms with Crippen molar-refractivity contribution >= 4 is 16.6 Å². The fraction of sp³-hybridized carbons (Fsp3) is 0.150. The van der Waals surface area contributed by atoms with Gasteiger partial charge in [0.25, 0.3) is 0 Å². The zero-order valence-electron chi connectivity index (χ0n) is 14.1. The molecule has 0 fully saturated rings. The van der Waals surface area contributed by atoms with E-state index in [-0.39, 0.29) is 0 Å². The van der Waals surface area contributed by atoms with Crippen molar-refractivity contribution in [3.63, 3.8) is 0 Å². The molecule has 0 radical (unpaired) electrons. The summed E-state index contributed by atoms with van der Waals surface area (Å²) in [6, 6.07) is 19.2. The summed E-state index contributed by atoms with van der Waals surface area (Å²) in [6.07, 6.45) is 2.08. The van der Waals surface area contributed by atoms with Gasteiger partial charge in [-0.15, -0.1) is 0 Å². The third-order valence-corrected chi connectivity index (χ3v) is 4.45. The second kappa shape index (κ2) is 5.57. The Kier molecular flexibility index (Phi) is 3.38. The Morgan fingerprint density at radius 1 is 0.917 bits per heavy atom. The molecule has 0 amide bonds. The molecular formula is C20H20N4. The molecule has 2 aromatic heterocycles. The molecule has 0 bridgehead atoms. The minimum Gasteiger partial charge on any atom is -0.378 e. The Bertz CT molecular complexity index is 990. The van der Waals surface area contributed by atoms with Crippen LogP contribution in [0.15, 0.2) is 60.8 Å². The number of benzene rings is 2. The maximum Gasteiger partial charge on any atom is 0.0927 e. The lowest BCUT2D eigenvalue weighted by atomic mass is 10.1. The first-order valence-corrected chi connectivity index (χ1v) is 8.00. The predicted octanol–water partition coefficient (Wildman–Crippen LogP) is 4.30. The highest BCUT2D eigenvalue weighted by Gasteiger charge is 2.08. The predicted molar refractivity (Wildman–Crippen MR) is 100 cm³/mol. The summed E-state index contributed by atoms with van der Waals surface area (Å²) in [5, 5.41) is 8.88. The smallest absolute Gasteiger partial charge is 0.0927 e. The van der Waals surface area contributed by atoms with E-state index in [0.29, 0.717) is 0 Å². The Morgan fingerprint density at radius 2 is 1.67 bits per heavy atom. The van der Waals surface area contributed by atoms with E-state index in [1.165, 1.54) is 16.6 Å². The standard InChI is InChI=1S/C20H20N4/c1-23(2)17-7-4-14(5-8-17)18-13-19(22-21-18)15-6-9-20-16(12-15)10-11-24(20)3/h4-13H,1-3H3,(H,21,22). The number of hydrogen-bond donors (Lipinski definition) is 1. The lowest BCUT2D eigenvalue weighted by molar-refractivity contribution is 0.969. The van der Waals surface area contributed by atoms with Gasteiger partial charge in [-0.2, -0.15) is 5.10 Å².